The van der Waals surface area contributed by atoms with Gasteiger partial charge in [-0.15, -0.1) is 0 Å². The summed E-state index contributed by atoms with van der Waals surface area (Å²) in [6, 6.07) is 0. The van der Waals surface area contributed by atoms with Crippen LogP contribution >= 0.6 is 0 Å². The molecule has 8 heteroatoms. The number of cyclic esters (lactones) is 2. The molecule has 4 bridgehead atoms. The first-order valence-electron chi connectivity index (χ1n) is 8.35. The molecule has 1 fully saturated rings. The highest BCUT2D eigenvalue weighted by atomic mass is 16.7. The quantitative estimate of drug-likeness (QED) is 0.624. The van der Waals surface area contributed by atoms with Crippen LogP contribution in [0.2, 0.25) is 0 Å². The molecule has 0 saturated carbocycles. The smallest absolute Gasteiger partial charge is 0.350 e. The summed E-state index contributed by atoms with van der Waals surface area (Å²) >= 11 is 0. The molecular formula is C16H22N2O6. The van der Waals surface area contributed by atoms with Crippen LogP contribution in [0, 0.1) is 0 Å². The van der Waals surface area contributed by atoms with Crippen molar-refractivity contribution in [3.05, 3.63) is 0 Å². The number of hydrogen-bond donors (Lipinski definition) is 0. The number of hydrogen-bond acceptors (Lipinski definition) is 8. The number of carbonyl (C=O) groups excluding carboxylic acids is 2. The minimum atomic E-state index is -0.676. The van der Waals surface area contributed by atoms with Gasteiger partial charge >= 0.3 is 11.9 Å². The zero-order valence-corrected chi connectivity index (χ0v) is 13.9. The van der Waals surface area contributed by atoms with Crippen LogP contribution in [0.15, 0.2) is 10.3 Å². The summed E-state index contributed by atoms with van der Waals surface area (Å²) in [6.07, 6.45) is 1.35. The number of ether oxygens (including phenoxy) is 2. The lowest BCUT2D eigenvalue weighted by Gasteiger charge is -2.16. The first kappa shape index (κ1) is 16.7. The van der Waals surface area contributed by atoms with E-state index in [1.165, 1.54) is 0 Å². The molecule has 0 aliphatic carbocycles. The molecular weight excluding hydrogens is 316 g/mol. The Morgan fingerprint density at radius 3 is 1.62 bits per heavy atom. The maximum atomic E-state index is 12.1. The standard InChI is InChI=1S/C16H22N2O6/c1-9-3-5-11-7-14(24-17-11)16(20)22-10(2)4-6-12-8-13(23-18-12)15(19)21-9/h9-10,13-14H,3-8H2,1-2H3. The molecule has 0 aromatic rings. The highest BCUT2D eigenvalue weighted by molar-refractivity contribution is 5.92. The molecule has 3 aliphatic heterocycles. The summed E-state index contributed by atoms with van der Waals surface area (Å²) in [6.45, 7) is 3.64. The fraction of sp³-hybridized carbons (Fsp3) is 0.750. The third-order valence-electron chi connectivity index (χ3n) is 4.30. The van der Waals surface area contributed by atoms with E-state index in [4.69, 9.17) is 19.1 Å². The molecule has 132 valence electrons. The monoisotopic (exact) mass is 338 g/mol. The third kappa shape index (κ3) is 4.04. The molecule has 8 nitrogen and oxygen atoms in total. The Morgan fingerprint density at radius 2 is 1.21 bits per heavy atom. The SMILES string of the molecule is CC1CCC2=NOC(C2)C(=O)OC(C)CCC2=NOC(C2)C(=O)O1. The third-order valence-corrected chi connectivity index (χ3v) is 4.30. The Balaban J connectivity index is 1.65. The molecule has 0 aromatic carbocycles. The number of carbonyl (C=O) groups is 2. The molecule has 0 N–H and O–H groups in total. The van der Waals surface area contributed by atoms with Gasteiger partial charge < -0.3 is 19.1 Å². The molecule has 1 saturated heterocycles. The second kappa shape index (κ2) is 7.19. The maximum Gasteiger partial charge on any atom is 0.350 e. The number of nitrogens with zero attached hydrogens (tertiary/aromatic N) is 2. The van der Waals surface area contributed by atoms with Crippen LogP contribution in [0.3, 0.4) is 0 Å². The predicted molar refractivity (Wildman–Crippen MR) is 83.4 cm³/mol. The van der Waals surface area contributed by atoms with Crippen LogP contribution in [-0.2, 0) is 28.7 Å². The topological polar surface area (TPSA) is 95.8 Å². The van der Waals surface area contributed by atoms with E-state index in [-0.39, 0.29) is 12.2 Å². The van der Waals surface area contributed by atoms with Gasteiger partial charge in [0.25, 0.3) is 0 Å². The Hall–Kier alpha value is -2.12. The van der Waals surface area contributed by atoms with Crippen LogP contribution in [0.1, 0.15) is 52.4 Å². The van der Waals surface area contributed by atoms with E-state index in [1.807, 2.05) is 13.8 Å². The van der Waals surface area contributed by atoms with Gasteiger partial charge in [0.2, 0.25) is 12.2 Å². The van der Waals surface area contributed by atoms with Gasteiger partial charge in [0, 0.05) is 12.8 Å². The molecule has 0 aromatic heterocycles. The van der Waals surface area contributed by atoms with Gasteiger partial charge in [0.1, 0.15) is 0 Å². The Morgan fingerprint density at radius 1 is 0.792 bits per heavy atom. The van der Waals surface area contributed by atoms with Gasteiger partial charge in [0.15, 0.2) is 0 Å². The fourth-order valence-corrected chi connectivity index (χ4v) is 2.81. The molecule has 4 atom stereocenters. The Bertz CT molecular complexity index is 523. The van der Waals surface area contributed by atoms with E-state index in [9.17, 15) is 9.59 Å². The summed E-state index contributed by atoms with van der Waals surface area (Å²) in [5.41, 5.74) is 1.56. The van der Waals surface area contributed by atoms with Crippen molar-refractivity contribution in [2.75, 3.05) is 0 Å². The first-order chi connectivity index (χ1) is 11.5. The average molecular weight is 338 g/mol. The number of fused-ring (bicyclic) bond motifs is 4. The van der Waals surface area contributed by atoms with Gasteiger partial charge in [0.05, 0.1) is 23.6 Å². The molecule has 0 radical (unpaired) electrons. The van der Waals surface area contributed by atoms with Crippen LogP contribution < -0.4 is 0 Å². The minimum Gasteiger partial charge on any atom is -0.460 e. The molecule has 3 heterocycles. The van der Waals surface area contributed by atoms with Gasteiger partial charge in [-0.25, -0.2) is 9.59 Å². The van der Waals surface area contributed by atoms with Crippen molar-refractivity contribution in [3.8, 4) is 0 Å². The van der Waals surface area contributed by atoms with Crippen LogP contribution in [-0.4, -0.2) is 47.8 Å². The number of oxime groups is 2. The fourth-order valence-electron chi connectivity index (χ4n) is 2.81. The summed E-state index contributed by atoms with van der Waals surface area (Å²) in [5.74, 6) is -0.786. The summed E-state index contributed by atoms with van der Waals surface area (Å²) in [5, 5.41) is 7.89. The zero-order chi connectivity index (χ0) is 17.1. The van der Waals surface area contributed by atoms with Crippen molar-refractivity contribution >= 4 is 23.4 Å². The Labute approximate surface area is 140 Å². The number of esters is 2. The van der Waals surface area contributed by atoms with Crippen molar-refractivity contribution in [3.63, 3.8) is 0 Å². The normalized spacial score (nSPS) is 34.4. The van der Waals surface area contributed by atoms with E-state index in [0.29, 0.717) is 38.5 Å². The predicted octanol–water partition coefficient (Wildman–Crippen LogP) is 1.71. The highest BCUT2D eigenvalue weighted by Gasteiger charge is 2.33. The zero-order valence-electron chi connectivity index (χ0n) is 13.9. The molecule has 3 aliphatic rings. The summed E-state index contributed by atoms with van der Waals surface area (Å²) < 4.78 is 10.8. The minimum absolute atomic E-state index is 0.272. The lowest BCUT2D eigenvalue weighted by atomic mass is 10.0. The maximum absolute atomic E-state index is 12.1. The van der Waals surface area contributed by atoms with E-state index in [1.54, 1.807) is 0 Å². The van der Waals surface area contributed by atoms with Crippen LogP contribution in [0.5, 0.6) is 0 Å². The van der Waals surface area contributed by atoms with Crippen molar-refractivity contribution in [2.24, 2.45) is 10.3 Å². The molecule has 3 rings (SSSR count). The summed E-state index contributed by atoms with van der Waals surface area (Å²) in [7, 11) is 0. The van der Waals surface area contributed by atoms with Gasteiger partial charge in [-0.2, -0.15) is 0 Å². The molecule has 4 unspecified atom stereocenters. The van der Waals surface area contributed by atoms with Crippen LogP contribution in [0.4, 0.5) is 0 Å². The molecule has 0 amide bonds. The molecule has 0 spiro atoms. The van der Waals surface area contributed by atoms with Gasteiger partial charge in [-0.05, 0) is 39.5 Å². The second-order valence-electron chi connectivity index (χ2n) is 6.48. The average Bonchev–Trinajstić information content (AvgIpc) is 3.19. The van der Waals surface area contributed by atoms with E-state index in [2.05, 4.69) is 10.3 Å². The molecule has 24 heavy (non-hydrogen) atoms. The van der Waals surface area contributed by atoms with Crippen molar-refractivity contribution in [2.45, 2.75) is 76.8 Å². The van der Waals surface area contributed by atoms with Crippen molar-refractivity contribution < 1.29 is 28.7 Å². The number of rotatable bonds is 0. The van der Waals surface area contributed by atoms with Crippen LogP contribution in [0.25, 0.3) is 0 Å². The van der Waals surface area contributed by atoms with Gasteiger partial charge in [-0.3, -0.25) is 0 Å². The van der Waals surface area contributed by atoms with E-state index >= 15 is 0 Å². The van der Waals surface area contributed by atoms with E-state index in [0.717, 1.165) is 11.4 Å². The lowest BCUT2D eigenvalue weighted by Crippen LogP contribution is -2.29. The second-order valence-corrected chi connectivity index (χ2v) is 6.48. The van der Waals surface area contributed by atoms with Gasteiger partial charge in [-0.1, -0.05) is 10.3 Å². The largest absolute Gasteiger partial charge is 0.460 e. The Kier molecular flexibility index (Phi) is 5.01. The van der Waals surface area contributed by atoms with E-state index < -0.39 is 24.1 Å². The van der Waals surface area contributed by atoms with Crippen molar-refractivity contribution in [1.29, 1.82) is 0 Å². The first-order valence-corrected chi connectivity index (χ1v) is 8.35. The summed E-state index contributed by atoms with van der Waals surface area (Å²) in [4.78, 5) is 34.5. The highest BCUT2D eigenvalue weighted by Crippen LogP contribution is 2.21. The lowest BCUT2D eigenvalue weighted by molar-refractivity contribution is -0.161. The van der Waals surface area contributed by atoms with Crippen molar-refractivity contribution in [1.82, 2.24) is 0 Å².